The second kappa shape index (κ2) is 7.07. The number of fused-ring (bicyclic) bond motifs is 1. The number of likely N-dealkylation sites (tertiary alicyclic amines) is 1. The number of aromatic nitrogens is 3. The molecule has 132 valence electrons. The smallest absolute Gasteiger partial charge is 0.253 e. The zero-order valence-electron chi connectivity index (χ0n) is 14.7. The molecule has 0 atom stereocenters. The molecule has 1 saturated heterocycles. The number of carbonyl (C=O) groups is 1. The number of hydrogen-bond donors (Lipinski definition) is 1. The van der Waals surface area contributed by atoms with E-state index in [1.54, 1.807) is 12.4 Å². The van der Waals surface area contributed by atoms with Crippen molar-refractivity contribution in [2.75, 3.05) is 18.4 Å². The van der Waals surface area contributed by atoms with Crippen molar-refractivity contribution in [1.29, 1.82) is 0 Å². The maximum Gasteiger partial charge on any atom is 0.253 e. The Morgan fingerprint density at radius 3 is 2.54 bits per heavy atom. The van der Waals surface area contributed by atoms with Gasteiger partial charge in [-0.25, -0.2) is 9.97 Å². The summed E-state index contributed by atoms with van der Waals surface area (Å²) in [6.45, 7) is 3.52. The molecule has 0 saturated carbocycles. The quantitative estimate of drug-likeness (QED) is 0.788. The van der Waals surface area contributed by atoms with Crippen LogP contribution in [0.1, 0.15) is 28.8 Å². The van der Waals surface area contributed by atoms with Crippen LogP contribution in [0.2, 0.25) is 0 Å². The summed E-state index contributed by atoms with van der Waals surface area (Å²) in [6.07, 6.45) is 5.11. The molecule has 26 heavy (non-hydrogen) atoms. The van der Waals surface area contributed by atoms with Gasteiger partial charge in [0.25, 0.3) is 5.91 Å². The third-order valence-corrected chi connectivity index (χ3v) is 4.76. The predicted octanol–water partition coefficient (Wildman–Crippen LogP) is 3.05. The zero-order chi connectivity index (χ0) is 17.9. The van der Waals surface area contributed by atoms with Crippen LogP contribution in [0.15, 0.2) is 48.8 Å². The maximum absolute atomic E-state index is 12.6. The van der Waals surface area contributed by atoms with Crippen LogP contribution in [0.4, 0.5) is 5.82 Å². The molecule has 0 spiro atoms. The molecule has 4 rings (SSSR count). The predicted molar refractivity (Wildman–Crippen MR) is 101 cm³/mol. The van der Waals surface area contributed by atoms with Gasteiger partial charge in [-0.2, -0.15) is 0 Å². The fraction of sp³-hybridized carbons (Fsp3) is 0.300. The van der Waals surface area contributed by atoms with Crippen LogP contribution < -0.4 is 5.32 Å². The molecule has 3 aromatic rings. The molecule has 1 fully saturated rings. The minimum atomic E-state index is 0.113. The van der Waals surface area contributed by atoms with Gasteiger partial charge in [0, 0.05) is 37.1 Å². The average molecular weight is 347 g/mol. The monoisotopic (exact) mass is 347 g/mol. The summed E-state index contributed by atoms with van der Waals surface area (Å²) in [7, 11) is 0. The highest BCUT2D eigenvalue weighted by molar-refractivity contribution is 5.94. The van der Waals surface area contributed by atoms with E-state index in [0.717, 1.165) is 48.4 Å². The molecule has 1 aromatic carbocycles. The first-order chi connectivity index (χ1) is 12.7. The van der Waals surface area contributed by atoms with E-state index < -0.39 is 0 Å². The Morgan fingerprint density at radius 1 is 1.04 bits per heavy atom. The largest absolute Gasteiger partial charge is 0.367 e. The molecular weight excluding hydrogens is 326 g/mol. The molecule has 3 heterocycles. The van der Waals surface area contributed by atoms with Crippen molar-refractivity contribution in [3.8, 4) is 0 Å². The Balaban J connectivity index is 1.37. The van der Waals surface area contributed by atoms with Crippen LogP contribution >= 0.6 is 0 Å². The van der Waals surface area contributed by atoms with E-state index in [9.17, 15) is 4.79 Å². The Labute approximate surface area is 152 Å². The summed E-state index contributed by atoms with van der Waals surface area (Å²) in [4.78, 5) is 27.5. The number of nitrogens with zero attached hydrogens (tertiary/aromatic N) is 4. The van der Waals surface area contributed by atoms with E-state index >= 15 is 0 Å². The van der Waals surface area contributed by atoms with Crippen molar-refractivity contribution in [1.82, 2.24) is 19.9 Å². The number of rotatable bonds is 3. The Hall–Kier alpha value is -3.02. The van der Waals surface area contributed by atoms with Crippen molar-refractivity contribution in [3.05, 3.63) is 59.9 Å². The van der Waals surface area contributed by atoms with Crippen molar-refractivity contribution < 1.29 is 4.79 Å². The van der Waals surface area contributed by atoms with E-state index in [2.05, 4.69) is 20.3 Å². The first kappa shape index (κ1) is 16.4. The van der Waals surface area contributed by atoms with Gasteiger partial charge in [0.2, 0.25) is 0 Å². The van der Waals surface area contributed by atoms with Crippen LogP contribution in [0.25, 0.3) is 11.2 Å². The van der Waals surface area contributed by atoms with Crippen LogP contribution in [0.3, 0.4) is 0 Å². The minimum Gasteiger partial charge on any atom is -0.367 e. The fourth-order valence-corrected chi connectivity index (χ4v) is 3.25. The highest BCUT2D eigenvalue weighted by Gasteiger charge is 2.23. The van der Waals surface area contributed by atoms with E-state index in [0.29, 0.717) is 11.7 Å². The molecule has 6 nitrogen and oxygen atoms in total. The van der Waals surface area contributed by atoms with Gasteiger partial charge in [0.15, 0.2) is 5.65 Å². The summed E-state index contributed by atoms with van der Waals surface area (Å²) in [6, 6.07) is 11.9. The normalized spacial score (nSPS) is 15.2. The van der Waals surface area contributed by atoms with Gasteiger partial charge in [-0.05, 0) is 44.0 Å². The van der Waals surface area contributed by atoms with E-state index in [-0.39, 0.29) is 5.91 Å². The minimum absolute atomic E-state index is 0.113. The number of amides is 1. The lowest BCUT2D eigenvalue weighted by atomic mass is 10.0. The van der Waals surface area contributed by atoms with Gasteiger partial charge in [0.1, 0.15) is 11.3 Å². The topological polar surface area (TPSA) is 71.0 Å². The van der Waals surface area contributed by atoms with Gasteiger partial charge in [-0.15, -0.1) is 0 Å². The lowest BCUT2D eigenvalue weighted by Gasteiger charge is -2.32. The van der Waals surface area contributed by atoms with Crippen molar-refractivity contribution in [2.45, 2.75) is 25.8 Å². The molecule has 1 N–H and O–H groups in total. The first-order valence-corrected chi connectivity index (χ1v) is 8.89. The standard InChI is InChI=1S/C20H21N5O/c1-14-2-4-15(5-3-14)20(26)25-12-8-16(9-13-25)23-18-7-6-17-19(24-18)22-11-10-21-17/h2-7,10-11,16H,8-9,12-13H2,1H3,(H,22,23,24). The number of pyridine rings is 1. The second-order valence-electron chi connectivity index (χ2n) is 6.67. The number of aryl methyl sites for hydroxylation is 1. The Morgan fingerprint density at radius 2 is 1.77 bits per heavy atom. The van der Waals surface area contributed by atoms with Crippen molar-refractivity contribution in [2.24, 2.45) is 0 Å². The van der Waals surface area contributed by atoms with E-state index in [1.807, 2.05) is 48.2 Å². The molecule has 1 amide bonds. The number of nitrogens with one attached hydrogen (secondary N) is 1. The molecule has 1 aliphatic heterocycles. The molecule has 0 radical (unpaired) electrons. The maximum atomic E-state index is 12.6. The number of benzene rings is 1. The fourth-order valence-electron chi connectivity index (χ4n) is 3.25. The molecule has 0 aliphatic carbocycles. The van der Waals surface area contributed by atoms with Gasteiger partial charge in [-0.1, -0.05) is 17.7 Å². The highest BCUT2D eigenvalue weighted by Crippen LogP contribution is 2.18. The molecule has 0 bridgehead atoms. The highest BCUT2D eigenvalue weighted by atomic mass is 16.2. The van der Waals surface area contributed by atoms with E-state index in [4.69, 9.17) is 0 Å². The summed E-state index contributed by atoms with van der Waals surface area (Å²) in [5.74, 6) is 0.920. The van der Waals surface area contributed by atoms with E-state index in [1.165, 1.54) is 0 Å². The molecule has 6 heteroatoms. The Kier molecular flexibility index (Phi) is 4.48. The SMILES string of the molecule is Cc1ccc(C(=O)N2CCC(Nc3ccc4nccnc4n3)CC2)cc1. The molecule has 1 aliphatic rings. The summed E-state index contributed by atoms with van der Waals surface area (Å²) in [5.41, 5.74) is 3.36. The van der Waals surface area contributed by atoms with Crippen molar-refractivity contribution >= 4 is 22.9 Å². The van der Waals surface area contributed by atoms with Crippen molar-refractivity contribution in [3.63, 3.8) is 0 Å². The summed E-state index contributed by atoms with van der Waals surface area (Å²) < 4.78 is 0. The number of anilines is 1. The number of piperidine rings is 1. The van der Waals surface area contributed by atoms with Gasteiger partial charge in [0.05, 0.1) is 0 Å². The summed E-state index contributed by atoms with van der Waals surface area (Å²) in [5, 5.41) is 3.46. The van der Waals surface area contributed by atoms with Crippen LogP contribution in [0.5, 0.6) is 0 Å². The van der Waals surface area contributed by atoms with Crippen LogP contribution in [0, 0.1) is 6.92 Å². The molecule has 0 unspecified atom stereocenters. The lowest BCUT2D eigenvalue weighted by molar-refractivity contribution is 0.0718. The van der Waals surface area contributed by atoms with Crippen LogP contribution in [-0.2, 0) is 0 Å². The average Bonchev–Trinajstić information content (AvgIpc) is 2.68. The first-order valence-electron chi connectivity index (χ1n) is 8.89. The van der Waals surface area contributed by atoms with Gasteiger partial charge < -0.3 is 10.2 Å². The van der Waals surface area contributed by atoms with Gasteiger partial charge in [-0.3, -0.25) is 9.78 Å². The summed E-state index contributed by atoms with van der Waals surface area (Å²) >= 11 is 0. The second-order valence-corrected chi connectivity index (χ2v) is 6.67. The molecular formula is C20H21N5O. The van der Waals surface area contributed by atoms with Gasteiger partial charge >= 0.3 is 0 Å². The third kappa shape index (κ3) is 3.49. The zero-order valence-corrected chi connectivity index (χ0v) is 14.7. The van der Waals surface area contributed by atoms with Crippen LogP contribution in [-0.4, -0.2) is 44.9 Å². The number of carbonyl (C=O) groups excluding carboxylic acids is 1. The molecule has 2 aromatic heterocycles. The third-order valence-electron chi connectivity index (χ3n) is 4.76. The Bertz CT molecular complexity index is 917. The lowest BCUT2D eigenvalue weighted by Crippen LogP contribution is -2.42. The number of hydrogen-bond acceptors (Lipinski definition) is 5.